The summed E-state index contributed by atoms with van der Waals surface area (Å²) in [6.07, 6.45) is 0. The summed E-state index contributed by atoms with van der Waals surface area (Å²) < 4.78 is 0. The molecule has 0 aliphatic carbocycles. The van der Waals surface area contributed by atoms with Crippen LogP contribution < -0.4 is 5.32 Å². The highest BCUT2D eigenvalue weighted by Gasteiger charge is 2.34. The molecule has 0 aromatic heterocycles. The lowest BCUT2D eigenvalue weighted by atomic mass is 10.1. The van der Waals surface area contributed by atoms with Gasteiger partial charge in [-0.1, -0.05) is 30.3 Å². The van der Waals surface area contributed by atoms with Crippen LogP contribution in [0.5, 0.6) is 5.75 Å². The molecule has 2 aromatic rings. The van der Waals surface area contributed by atoms with Crippen molar-refractivity contribution in [1.29, 1.82) is 0 Å². The van der Waals surface area contributed by atoms with E-state index in [1.165, 1.54) is 0 Å². The average Bonchev–Trinajstić information content (AvgIpc) is 3.11. The lowest BCUT2D eigenvalue weighted by Crippen LogP contribution is -2.47. The van der Waals surface area contributed by atoms with Crippen molar-refractivity contribution < 1.29 is 14.7 Å². The molecular weight excluding hydrogens is 324 g/mol. The van der Waals surface area contributed by atoms with Gasteiger partial charge in [0.05, 0.1) is 5.88 Å². The summed E-state index contributed by atoms with van der Waals surface area (Å²) in [5.74, 6) is 1.03. The van der Waals surface area contributed by atoms with Gasteiger partial charge in [-0.2, -0.15) is 0 Å². The SMILES string of the molecule is O=C(NCc1ccc(O)cc1)[C@H]1CSCN1C(=O)c1ccccc1. The first kappa shape index (κ1) is 16.4. The minimum Gasteiger partial charge on any atom is -0.508 e. The van der Waals surface area contributed by atoms with E-state index in [0.29, 0.717) is 23.7 Å². The molecule has 1 fully saturated rings. The first-order chi connectivity index (χ1) is 11.6. The van der Waals surface area contributed by atoms with Crippen LogP contribution in [0.25, 0.3) is 0 Å². The van der Waals surface area contributed by atoms with E-state index >= 15 is 0 Å². The van der Waals surface area contributed by atoms with Crippen molar-refractivity contribution in [1.82, 2.24) is 10.2 Å². The highest BCUT2D eigenvalue weighted by atomic mass is 32.2. The molecule has 0 radical (unpaired) electrons. The summed E-state index contributed by atoms with van der Waals surface area (Å²) in [6, 6.07) is 15.2. The van der Waals surface area contributed by atoms with Crippen molar-refractivity contribution in [2.75, 3.05) is 11.6 Å². The van der Waals surface area contributed by atoms with Crippen LogP contribution in [0, 0.1) is 0 Å². The monoisotopic (exact) mass is 342 g/mol. The molecule has 5 nitrogen and oxygen atoms in total. The van der Waals surface area contributed by atoms with Gasteiger partial charge in [0.15, 0.2) is 0 Å². The van der Waals surface area contributed by atoms with Gasteiger partial charge in [-0.05, 0) is 29.8 Å². The van der Waals surface area contributed by atoms with E-state index in [0.717, 1.165) is 5.56 Å². The molecule has 1 saturated heterocycles. The first-order valence-corrected chi connectivity index (χ1v) is 8.80. The summed E-state index contributed by atoms with van der Waals surface area (Å²) in [5, 5.41) is 12.1. The summed E-state index contributed by atoms with van der Waals surface area (Å²) in [5.41, 5.74) is 1.49. The number of hydrogen-bond donors (Lipinski definition) is 2. The van der Waals surface area contributed by atoms with Crippen molar-refractivity contribution in [3.63, 3.8) is 0 Å². The van der Waals surface area contributed by atoms with Crippen LogP contribution in [0.2, 0.25) is 0 Å². The zero-order valence-electron chi connectivity index (χ0n) is 13.0. The zero-order chi connectivity index (χ0) is 16.9. The minimum absolute atomic E-state index is 0.120. The molecule has 1 aliphatic heterocycles. The third-order valence-electron chi connectivity index (χ3n) is 3.87. The first-order valence-electron chi connectivity index (χ1n) is 7.64. The van der Waals surface area contributed by atoms with Crippen molar-refractivity contribution in [2.24, 2.45) is 0 Å². The Morgan fingerprint density at radius 3 is 2.54 bits per heavy atom. The number of rotatable bonds is 4. The van der Waals surface area contributed by atoms with Crippen molar-refractivity contribution in [2.45, 2.75) is 12.6 Å². The smallest absolute Gasteiger partial charge is 0.255 e. The number of carbonyl (C=O) groups excluding carboxylic acids is 2. The third kappa shape index (κ3) is 3.71. The highest BCUT2D eigenvalue weighted by molar-refractivity contribution is 7.99. The van der Waals surface area contributed by atoms with Gasteiger partial charge < -0.3 is 15.3 Å². The van der Waals surface area contributed by atoms with Crippen LogP contribution in [0.1, 0.15) is 15.9 Å². The lowest BCUT2D eigenvalue weighted by molar-refractivity contribution is -0.124. The fourth-order valence-electron chi connectivity index (χ4n) is 2.53. The molecule has 0 unspecified atom stereocenters. The number of aromatic hydroxyl groups is 1. The average molecular weight is 342 g/mol. The molecule has 0 saturated carbocycles. The molecule has 2 amide bonds. The number of amides is 2. The Balaban J connectivity index is 1.63. The number of thioether (sulfide) groups is 1. The number of carbonyl (C=O) groups is 2. The van der Waals surface area contributed by atoms with Crippen LogP contribution in [0.4, 0.5) is 0 Å². The van der Waals surface area contributed by atoms with Crippen LogP contribution in [0.3, 0.4) is 0 Å². The summed E-state index contributed by atoms with van der Waals surface area (Å²) >= 11 is 1.58. The normalized spacial score (nSPS) is 16.8. The minimum atomic E-state index is -0.458. The maximum Gasteiger partial charge on any atom is 0.255 e. The fraction of sp³-hybridized carbons (Fsp3) is 0.222. The topological polar surface area (TPSA) is 69.6 Å². The number of hydrogen-bond acceptors (Lipinski definition) is 4. The Hall–Kier alpha value is -2.47. The molecule has 1 heterocycles. The Morgan fingerprint density at radius 1 is 1.12 bits per heavy atom. The Kier molecular flexibility index (Phi) is 5.05. The van der Waals surface area contributed by atoms with Crippen molar-refractivity contribution >= 4 is 23.6 Å². The number of benzene rings is 2. The number of nitrogens with one attached hydrogen (secondary N) is 1. The summed E-state index contributed by atoms with van der Waals surface area (Å²) in [6.45, 7) is 0.369. The second-order valence-corrected chi connectivity index (χ2v) is 6.54. The lowest BCUT2D eigenvalue weighted by Gasteiger charge is -2.23. The molecule has 1 aliphatic rings. The van der Waals surface area contributed by atoms with Gasteiger partial charge in [-0.25, -0.2) is 0 Å². The van der Waals surface area contributed by atoms with Gasteiger partial charge in [0.2, 0.25) is 5.91 Å². The van der Waals surface area contributed by atoms with E-state index in [9.17, 15) is 14.7 Å². The third-order valence-corrected chi connectivity index (χ3v) is 4.88. The molecule has 6 heteroatoms. The fourth-order valence-corrected chi connectivity index (χ4v) is 3.68. The molecule has 2 aromatic carbocycles. The second-order valence-electron chi connectivity index (χ2n) is 5.54. The van der Waals surface area contributed by atoms with E-state index < -0.39 is 6.04 Å². The van der Waals surface area contributed by atoms with Gasteiger partial charge in [0.1, 0.15) is 11.8 Å². The summed E-state index contributed by atoms with van der Waals surface area (Å²) in [7, 11) is 0. The maximum atomic E-state index is 12.6. The Morgan fingerprint density at radius 2 is 1.83 bits per heavy atom. The van der Waals surface area contributed by atoms with Crippen molar-refractivity contribution in [3.8, 4) is 5.75 Å². The largest absolute Gasteiger partial charge is 0.508 e. The molecule has 124 valence electrons. The predicted molar refractivity (Wildman–Crippen MR) is 93.7 cm³/mol. The van der Waals surface area contributed by atoms with Gasteiger partial charge in [0, 0.05) is 17.9 Å². The van der Waals surface area contributed by atoms with Crippen LogP contribution >= 0.6 is 11.8 Å². The molecule has 1 atom stereocenters. The Labute approximate surface area is 144 Å². The van der Waals surface area contributed by atoms with Crippen LogP contribution in [0.15, 0.2) is 54.6 Å². The van der Waals surface area contributed by atoms with E-state index in [4.69, 9.17) is 0 Å². The van der Waals surface area contributed by atoms with Gasteiger partial charge >= 0.3 is 0 Å². The van der Waals surface area contributed by atoms with Gasteiger partial charge in [-0.3, -0.25) is 9.59 Å². The number of phenolic OH excluding ortho intramolecular Hbond substituents is 1. The van der Waals surface area contributed by atoms with Crippen LogP contribution in [-0.4, -0.2) is 39.5 Å². The second kappa shape index (κ2) is 7.40. The molecule has 3 rings (SSSR count). The molecule has 24 heavy (non-hydrogen) atoms. The zero-order valence-corrected chi connectivity index (χ0v) is 13.8. The summed E-state index contributed by atoms with van der Waals surface area (Å²) in [4.78, 5) is 26.7. The van der Waals surface area contributed by atoms with E-state index in [2.05, 4.69) is 5.32 Å². The number of nitrogens with zero attached hydrogens (tertiary/aromatic N) is 1. The molecule has 0 bridgehead atoms. The van der Waals surface area contributed by atoms with Gasteiger partial charge in [0.25, 0.3) is 5.91 Å². The molecule has 0 spiro atoms. The standard InChI is InChI=1S/C18H18N2O3S/c21-15-8-6-13(7-9-15)10-19-17(22)16-11-24-12-20(16)18(23)14-4-2-1-3-5-14/h1-9,16,21H,10-12H2,(H,19,22)/t16-/m1/s1. The predicted octanol–water partition coefficient (Wildman–Crippen LogP) is 2.22. The van der Waals surface area contributed by atoms with Crippen molar-refractivity contribution in [3.05, 3.63) is 65.7 Å². The molecule has 2 N–H and O–H groups in total. The van der Waals surface area contributed by atoms with E-state index in [1.807, 2.05) is 18.2 Å². The van der Waals surface area contributed by atoms with E-state index in [-0.39, 0.29) is 17.6 Å². The maximum absolute atomic E-state index is 12.6. The quantitative estimate of drug-likeness (QED) is 0.894. The van der Waals surface area contributed by atoms with Gasteiger partial charge in [-0.15, -0.1) is 11.8 Å². The van der Waals surface area contributed by atoms with E-state index in [1.54, 1.807) is 53.1 Å². The molecular formula is C18H18N2O3S. The van der Waals surface area contributed by atoms with Crippen LogP contribution in [-0.2, 0) is 11.3 Å². The Bertz CT molecular complexity index is 719. The number of phenols is 1. The highest BCUT2D eigenvalue weighted by Crippen LogP contribution is 2.23.